The first kappa shape index (κ1) is 14.3. The zero-order valence-corrected chi connectivity index (χ0v) is 11.1. The van der Waals surface area contributed by atoms with E-state index < -0.39 is 4.92 Å². The molecular formula is C13H16N2O5. The van der Waals surface area contributed by atoms with Crippen LogP contribution in [0, 0.1) is 10.1 Å². The molecule has 1 aromatic rings. The normalized spacial score (nSPS) is 17.8. The zero-order valence-electron chi connectivity index (χ0n) is 11.1. The third-order valence-corrected chi connectivity index (χ3v) is 3.15. The van der Waals surface area contributed by atoms with Gasteiger partial charge >= 0.3 is 5.69 Å². The third kappa shape index (κ3) is 3.24. The summed E-state index contributed by atoms with van der Waals surface area (Å²) in [6.45, 7) is 1.13. The van der Waals surface area contributed by atoms with Gasteiger partial charge in [0.2, 0.25) is 0 Å². The van der Waals surface area contributed by atoms with Crippen LogP contribution in [0.25, 0.3) is 0 Å². The van der Waals surface area contributed by atoms with Gasteiger partial charge in [0.1, 0.15) is 0 Å². The minimum Gasteiger partial charge on any atom is -0.490 e. The molecule has 108 valence electrons. The molecule has 1 aliphatic rings. The van der Waals surface area contributed by atoms with Gasteiger partial charge < -0.3 is 14.8 Å². The van der Waals surface area contributed by atoms with Gasteiger partial charge in [-0.05, 0) is 25.0 Å². The van der Waals surface area contributed by atoms with Crippen LogP contribution >= 0.6 is 0 Å². The molecule has 0 aliphatic carbocycles. The van der Waals surface area contributed by atoms with Crippen LogP contribution in [0.3, 0.4) is 0 Å². The number of methoxy groups -OCH3 is 1. The molecule has 7 heteroatoms. The van der Waals surface area contributed by atoms with E-state index in [0.717, 1.165) is 12.8 Å². The highest BCUT2D eigenvalue weighted by molar-refractivity contribution is 5.95. The monoisotopic (exact) mass is 280 g/mol. The van der Waals surface area contributed by atoms with Gasteiger partial charge in [-0.2, -0.15) is 0 Å². The summed E-state index contributed by atoms with van der Waals surface area (Å²) in [5.74, 6) is -0.225. The molecule has 1 heterocycles. The van der Waals surface area contributed by atoms with Crippen molar-refractivity contribution in [2.45, 2.75) is 18.9 Å². The van der Waals surface area contributed by atoms with Crippen LogP contribution in [0.2, 0.25) is 0 Å². The van der Waals surface area contributed by atoms with E-state index in [9.17, 15) is 14.9 Å². The van der Waals surface area contributed by atoms with Crippen molar-refractivity contribution in [1.29, 1.82) is 0 Å². The fourth-order valence-corrected chi connectivity index (χ4v) is 2.09. The molecule has 2 rings (SSSR count). The highest BCUT2D eigenvalue weighted by Crippen LogP contribution is 2.27. The van der Waals surface area contributed by atoms with E-state index in [1.807, 2.05) is 0 Å². The minimum absolute atomic E-state index is 0.0344. The van der Waals surface area contributed by atoms with Crippen molar-refractivity contribution in [2.75, 3.05) is 20.3 Å². The van der Waals surface area contributed by atoms with Crippen molar-refractivity contribution < 1.29 is 19.2 Å². The van der Waals surface area contributed by atoms with Gasteiger partial charge in [-0.3, -0.25) is 14.9 Å². The first-order chi connectivity index (χ1) is 9.61. The smallest absolute Gasteiger partial charge is 0.311 e. The maximum absolute atomic E-state index is 11.9. The summed E-state index contributed by atoms with van der Waals surface area (Å²) >= 11 is 0. The Kier molecular flexibility index (Phi) is 4.52. The quantitative estimate of drug-likeness (QED) is 0.652. The lowest BCUT2D eigenvalue weighted by Crippen LogP contribution is -2.31. The molecule has 1 saturated heterocycles. The lowest BCUT2D eigenvalue weighted by atomic mass is 10.1. The van der Waals surface area contributed by atoms with E-state index >= 15 is 0 Å². The van der Waals surface area contributed by atoms with Crippen molar-refractivity contribution in [1.82, 2.24) is 5.32 Å². The molecule has 0 saturated carbocycles. The standard InChI is InChI=1S/C13H16N2O5/c1-19-12-5-4-9(7-11(12)15(17)18)13(16)14-8-10-3-2-6-20-10/h4-5,7,10H,2-3,6,8H2,1H3,(H,14,16). The summed E-state index contributed by atoms with van der Waals surface area (Å²) in [6.07, 6.45) is 1.95. The van der Waals surface area contributed by atoms with Crippen molar-refractivity contribution in [2.24, 2.45) is 0 Å². The molecular weight excluding hydrogens is 264 g/mol. The first-order valence-corrected chi connectivity index (χ1v) is 6.34. The van der Waals surface area contributed by atoms with Gasteiger partial charge in [0.25, 0.3) is 5.91 Å². The minimum atomic E-state index is -0.574. The third-order valence-electron chi connectivity index (χ3n) is 3.15. The van der Waals surface area contributed by atoms with Crippen LogP contribution in [0.15, 0.2) is 18.2 Å². The average Bonchev–Trinajstić information content (AvgIpc) is 2.97. The van der Waals surface area contributed by atoms with Gasteiger partial charge in [0, 0.05) is 24.8 Å². The topological polar surface area (TPSA) is 90.7 Å². The number of carbonyl (C=O) groups excluding carboxylic acids is 1. The predicted molar refractivity (Wildman–Crippen MR) is 71.0 cm³/mol. The molecule has 1 amide bonds. The predicted octanol–water partition coefficient (Wildman–Crippen LogP) is 1.51. The maximum atomic E-state index is 11.9. The average molecular weight is 280 g/mol. The number of nitrogens with zero attached hydrogens (tertiary/aromatic N) is 1. The van der Waals surface area contributed by atoms with Crippen molar-refractivity contribution >= 4 is 11.6 Å². The van der Waals surface area contributed by atoms with Crippen LogP contribution in [-0.2, 0) is 4.74 Å². The van der Waals surface area contributed by atoms with E-state index in [1.54, 1.807) is 0 Å². The SMILES string of the molecule is COc1ccc(C(=O)NCC2CCCO2)cc1[N+](=O)[O-]. The molecule has 1 N–H and O–H groups in total. The molecule has 0 aromatic heterocycles. The Morgan fingerprint density at radius 2 is 2.40 bits per heavy atom. The molecule has 1 aromatic carbocycles. The Balaban J connectivity index is 2.05. The summed E-state index contributed by atoms with van der Waals surface area (Å²) in [6, 6.07) is 4.12. The summed E-state index contributed by atoms with van der Waals surface area (Å²) in [7, 11) is 1.35. The number of rotatable bonds is 5. The molecule has 7 nitrogen and oxygen atoms in total. The first-order valence-electron chi connectivity index (χ1n) is 6.34. The van der Waals surface area contributed by atoms with E-state index in [1.165, 1.54) is 25.3 Å². The highest BCUT2D eigenvalue weighted by atomic mass is 16.6. The van der Waals surface area contributed by atoms with Gasteiger partial charge in [-0.25, -0.2) is 0 Å². The van der Waals surface area contributed by atoms with E-state index in [-0.39, 0.29) is 29.0 Å². The van der Waals surface area contributed by atoms with Crippen LogP contribution in [0.5, 0.6) is 5.75 Å². The number of nitro groups is 1. The summed E-state index contributed by atoms with van der Waals surface area (Å²) < 4.78 is 10.3. The van der Waals surface area contributed by atoms with Gasteiger partial charge in [-0.15, -0.1) is 0 Å². The lowest BCUT2D eigenvalue weighted by Gasteiger charge is -2.11. The van der Waals surface area contributed by atoms with Crippen molar-refractivity contribution in [3.05, 3.63) is 33.9 Å². The second-order valence-electron chi connectivity index (χ2n) is 4.49. The Morgan fingerprint density at radius 1 is 1.60 bits per heavy atom. The van der Waals surface area contributed by atoms with Crippen LogP contribution in [-0.4, -0.2) is 37.2 Å². The van der Waals surface area contributed by atoms with Crippen LogP contribution in [0.1, 0.15) is 23.2 Å². The Labute approximate surface area is 116 Å². The van der Waals surface area contributed by atoms with Gasteiger partial charge in [0.05, 0.1) is 18.1 Å². The molecule has 1 aliphatic heterocycles. The summed E-state index contributed by atoms with van der Waals surface area (Å²) in [5.41, 5.74) is 0.00719. The second kappa shape index (κ2) is 6.33. The zero-order chi connectivity index (χ0) is 14.5. The number of benzene rings is 1. The summed E-state index contributed by atoms with van der Waals surface area (Å²) in [4.78, 5) is 22.3. The number of ether oxygens (including phenoxy) is 2. The largest absolute Gasteiger partial charge is 0.490 e. The van der Waals surface area contributed by atoms with E-state index in [4.69, 9.17) is 9.47 Å². The number of hydrogen-bond donors (Lipinski definition) is 1. The van der Waals surface area contributed by atoms with E-state index in [0.29, 0.717) is 13.2 Å². The molecule has 1 fully saturated rings. The molecule has 0 spiro atoms. The van der Waals surface area contributed by atoms with Crippen LogP contribution in [0.4, 0.5) is 5.69 Å². The Bertz CT molecular complexity index is 511. The number of hydrogen-bond acceptors (Lipinski definition) is 5. The van der Waals surface area contributed by atoms with Crippen molar-refractivity contribution in [3.63, 3.8) is 0 Å². The lowest BCUT2D eigenvalue weighted by molar-refractivity contribution is -0.385. The molecule has 0 radical (unpaired) electrons. The Morgan fingerprint density at radius 3 is 3.00 bits per heavy atom. The van der Waals surface area contributed by atoms with E-state index in [2.05, 4.69) is 5.32 Å². The number of nitrogens with one attached hydrogen (secondary N) is 1. The Hall–Kier alpha value is -2.15. The maximum Gasteiger partial charge on any atom is 0.311 e. The molecule has 20 heavy (non-hydrogen) atoms. The molecule has 1 atom stereocenters. The highest BCUT2D eigenvalue weighted by Gasteiger charge is 2.20. The fourth-order valence-electron chi connectivity index (χ4n) is 2.09. The number of nitro benzene ring substituents is 1. The van der Waals surface area contributed by atoms with Crippen LogP contribution < -0.4 is 10.1 Å². The summed E-state index contributed by atoms with van der Waals surface area (Å²) in [5, 5.41) is 13.6. The number of amides is 1. The number of carbonyl (C=O) groups is 1. The van der Waals surface area contributed by atoms with Gasteiger partial charge in [0.15, 0.2) is 5.75 Å². The van der Waals surface area contributed by atoms with Gasteiger partial charge in [-0.1, -0.05) is 0 Å². The molecule has 0 bridgehead atoms. The second-order valence-corrected chi connectivity index (χ2v) is 4.49. The fraction of sp³-hybridized carbons (Fsp3) is 0.462. The van der Waals surface area contributed by atoms with Crippen molar-refractivity contribution in [3.8, 4) is 5.75 Å². The molecule has 1 unspecified atom stereocenters.